The zero-order valence-electron chi connectivity index (χ0n) is 11.0. The minimum Gasteiger partial charge on any atom is -0.495 e. The molecule has 0 bridgehead atoms. The second-order valence-electron chi connectivity index (χ2n) is 4.05. The second kappa shape index (κ2) is 5.88. The van der Waals surface area contributed by atoms with Gasteiger partial charge in [0.2, 0.25) is 0 Å². The maximum absolute atomic E-state index is 13.9. The molecular weight excluding hydrogens is 283 g/mol. The van der Waals surface area contributed by atoms with Crippen molar-refractivity contribution in [1.29, 1.82) is 0 Å². The highest BCUT2D eigenvalue weighted by atomic mass is 35.5. The Labute approximate surface area is 121 Å². The Bertz CT molecular complexity index is 635. The molecule has 0 aliphatic rings. The molecule has 2 aromatic rings. The maximum atomic E-state index is 13.9. The van der Waals surface area contributed by atoms with E-state index in [1.165, 1.54) is 26.4 Å². The van der Waals surface area contributed by atoms with Crippen molar-refractivity contribution in [3.8, 4) is 11.5 Å². The summed E-state index contributed by atoms with van der Waals surface area (Å²) in [4.78, 5) is 0. The zero-order chi connectivity index (χ0) is 14.7. The van der Waals surface area contributed by atoms with Crippen LogP contribution in [-0.2, 0) is 0 Å². The van der Waals surface area contributed by atoms with Crippen molar-refractivity contribution in [2.45, 2.75) is 0 Å². The average molecular weight is 297 g/mol. The summed E-state index contributed by atoms with van der Waals surface area (Å²) in [5.41, 5.74) is 6.76. The van der Waals surface area contributed by atoms with Gasteiger partial charge in [0.25, 0.3) is 0 Å². The SMILES string of the molecule is COc1cc(Nc2ccc(Cl)c(OC)c2)c(F)cc1N. The molecule has 0 spiro atoms. The van der Waals surface area contributed by atoms with Crippen LogP contribution in [0.3, 0.4) is 0 Å². The molecule has 3 N–H and O–H groups in total. The van der Waals surface area contributed by atoms with E-state index >= 15 is 0 Å². The van der Waals surface area contributed by atoms with Crippen LogP contribution < -0.4 is 20.5 Å². The lowest BCUT2D eigenvalue weighted by atomic mass is 10.2. The third-order valence-electron chi connectivity index (χ3n) is 2.75. The summed E-state index contributed by atoms with van der Waals surface area (Å²) < 4.78 is 24.0. The fraction of sp³-hybridized carbons (Fsp3) is 0.143. The highest BCUT2D eigenvalue weighted by Gasteiger charge is 2.10. The summed E-state index contributed by atoms with van der Waals surface area (Å²) >= 11 is 5.94. The van der Waals surface area contributed by atoms with Gasteiger partial charge in [0, 0.05) is 23.9 Å². The summed E-state index contributed by atoms with van der Waals surface area (Å²) in [5.74, 6) is 0.423. The smallest absolute Gasteiger partial charge is 0.148 e. The van der Waals surface area contributed by atoms with Crippen LogP contribution in [0.1, 0.15) is 0 Å². The predicted molar refractivity (Wildman–Crippen MR) is 78.7 cm³/mol. The molecular formula is C14H14ClFN2O2. The normalized spacial score (nSPS) is 10.2. The van der Waals surface area contributed by atoms with Crippen molar-refractivity contribution in [2.24, 2.45) is 0 Å². The first-order valence-electron chi connectivity index (χ1n) is 5.78. The minimum absolute atomic E-state index is 0.240. The molecule has 0 aliphatic carbocycles. The van der Waals surface area contributed by atoms with Gasteiger partial charge >= 0.3 is 0 Å². The van der Waals surface area contributed by atoms with Crippen molar-refractivity contribution in [3.63, 3.8) is 0 Å². The first-order chi connectivity index (χ1) is 9.55. The number of halogens is 2. The number of rotatable bonds is 4. The molecule has 6 heteroatoms. The Balaban J connectivity index is 2.34. The standard InChI is InChI=1S/C14H14ClFN2O2/c1-19-13-5-8(3-4-9(13)15)18-12-7-14(20-2)11(17)6-10(12)16/h3-7,18H,17H2,1-2H3. The van der Waals surface area contributed by atoms with Gasteiger partial charge in [0.05, 0.1) is 30.6 Å². The Morgan fingerprint density at radius 3 is 2.45 bits per heavy atom. The summed E-state index contributed by atoms with van der Waals surface area (Å²) in [6, 6.07) is 7.74. The Hall–Kier alpha value is -2.14. The van der Waals surface area contributed by atoms with E-state index in [2.05, 4.69) is 5.32 Å². The molecule has 0 aromatic heterocycles. The number of nitrogens with two attached hydrogens (primary N) is 1. The predicted octanol–water partition coefficient (Wildman–Crippen LogP) is 3.82. The van der Waals surface area contributed by atoms with Gasteiger partial charge in [0.15, 0.2) is 0 Å². The van der Waals surface area contributed by atoms with E-state index in [9.17, 15) is 4.39 Å². The highest BCUT2D eigenvalue weighted by molar-refractivity contribution is 6.32. The molecule has 20 heavy (non-hydrogen) atoms. The number of hydrogen-bond acceptors (Lipinski definition) is 4. The molecule has 0 heterocycles. The first-order valence-corrected chi connectivity index (χ1v) is 6.16. The van der Waals surface area contributed by atoms with Crippen LogP contribution in [0.15, 0.2) is 30.3 Å². The number of nitrogen functional groups attached to an aromatic ring is 1. The minimum atomic E-state index is -0.475. The largest absolute Gasteiger partial charge is 0.495 e. The van der Waals surface area contributed by atoms with Crippen LogP contribution in [0, 0.1) is 5.82 Å². The third kappa shape index (κ3) is 2.88. The van der Waals surface area contributed by atoms with Gasteiger partial charge in [0.1, 0.15) is 17.3 Å². The number of benzene rings is 2. The molecule has 0 aliphatic heterocycles. The van der Waals surface area contributed by atoms with E-state index < -0.39 is 5.82 Å². The van der Waals surface area contributed by atoms with Crippen LogP contribution >= 0.6 is 11.6 Å². The van der Waals surface area contributed by atoms with Crippen LogP contribution in [0.2, 0.25) is 5.02 Å². The topological polar surface area (TPSA) is 56.5 Å². The van der Waals surface area contributed by atoms with Gasteiger partial charge in [-0.2, -0.15) is 0 Å². The van der Waals surface area contributed by atoms with E-state index in [0.29, 0.717) is 22.2 Å². The van der Waals surface area contributed by atoms with Crippen LogP contribution in [0.25, 0.3) is 0 Å². The van der Waals surface area contributed by atoms with Gasteiger partial charge in [-0.05, 0) is 12.1 Å². The maximum Gasteiger partial charge on any atom is 0.148 e. The van der Waals surface area contributed by atoms with Gasteiger partial charge < -0.3 is 20.5 Å². The fourth-order valence-electron chi connectivity index (χ4n) is 1.73. The van der Waals surface area contributed by atoms with E-state index in [1.807, 2.05) is 0 Å². The first kappa shape index (κ1) is 14.3. The van der Waals surface area contributed by atoms with Crippen LogP contribution in [-0.4, -0.2) is 14.2 Å². The highest BCUT2D eigenvalue weighted by Crippen LogP contribution is 2.33. The van der Waals surface area contributed by atoms with Gasteiger partial charge in [-0.15, -0.1) is 0 Å². The van der Waals surface area contributed by atoms with E-state index in [1.54, 1.807) is 18.2 Å². The third-order valence-corrected chi connectivity index (χ3v) is 3.06. The lowest BCUT2D eigenvalue weighted by Gasteiger charge is -2.12. The Kier molecular flexibility index (Phi) is 4.20. The molecule has 0 atom stereocenters. The zero-order valence-corrected chi connectivity index (χ0v) is 11.8. The van der Waals surface area contributed by atoms with Crippen molar-refractivity contribution in [3.05, 3.63) is 41.2 Å². The van der Waals surface area contributed by atoms with Crippen molar-refractivity contribution in [2.75, 3.05) is 25.3 Å². The monoisotopic (exact) mass is 296 g/mol. The number of ether oxygens (including phenoxy) is 2. The van der Waals surface area contributed by atoms with Gasteiger partial charge in [-0.3, -0.25) is 0 Å². The molecule has 0 unspecified atom stereocenters. The number of hydrogen-bond donors (Lipinski definition) is 2. The van der Waals surface area contributed by atoms with E-state index in [-0.39, 0.29) is 11.4 Å². The molecule has 0 radical (unpaired) electrons. The fourth-order valence-corrected chi connectivity index (χ4v) is 1.93. The second-order valence-corrected chi connectivity index (χ2v) is 4.46. The van der Waals surface area contributed by atoms with Gasteiger partial charge in [-0.1, -0.05) is 11.6 Å². The number of methoxy groups -OCH3 is 2. The molecule has 4 nitrogen and oxygen atoms in total. The molecule has 0 saturated carbocycles. The van der Waals surface area contributed by atoms with E-state index in [4.69, 9.17) is 26.8 Å². The Morgan fingerprint density at radius 1 is 1.10 bits per heavy atom. The van der Waals surface area contributed by atoms with Crippen molar-refractivity contribution < 1.29 is 13.9 Å². The van der Waals surface area contributed by atoms with Crippen LogP contribution in [0.4, 0.5) is 21.5 Å². The summed E-state index contributed by atoms with van der Waals surface area (Å²) in [6.07, 6.45) is 0. The lowest BCUT2D eigenvalue weighted by molar-refractivity contribution is 0.415. The van der Waals surface area contributed by atoms with Crippen LogP contribution in [0.5, 0.6) is 11.5 Å². The average Bonchev–Trinajstić information content (AvgIpc) is 2.43. The molecule has 106 valence electrons. The number of nitrogens with one attached hydrogen (secondary N) is 1. The quantitative estimate of drug-likeness (QED) is 0.842. The molecule has 2 aromatic carbocycles. The Morgan fingerprint density at radius 2 is 1.80 bits per heavy atom. The van der Waals surface area contributed by atoms with Gasteiger partial charge in [-0.25, -0.2) is 4.39 Å². The van der Waals surface area contributed by atoms with Crippen molar-refractivity contribution in [1.82, 2.24) is 0 Å². The lowest BCUT2D eigenvalue weighted by Crippen LogP contribution is -1.99. The summed E-state index contributed by atoms with van der Waals surface area (Å²) in [6.45, 7) is 0. The molecule has 0 fully saturated rings. The molecule has 2 rings (SSSR count). The van der Waals surface area contributed by atoms with E-state index in [0.717, 1.165) is 0 Å². The summed E-state index contributed by atoms with van der Waals surface area (Å²) in [5, 5.41) is 3.41. The molecule has 0 amide bonds. The number of anilines is 3. The summed E-state index contributed by atoms with van der Waals surface area (Å²) in [7, 11) is 2.98. The van der Waals surface area contributed by atoms with Crippen molar-refractivity contribution >= 4 is 28.7 Å². The molecule has 0 saturated heterocycles.